The molecule has 2 heterocycles. The molecule has 1 N–H and O–H groups in total. The number of carboxylic acid groups (broad SMARTS) is 1. The van der Waals surface area contributed by atoms with Gasteiger partial charge in [0.05, 0.1) is 36.0 Å². The lowest BCUT2D eigenvalue weighted by Crippen LogP contribution is -2.54. The van der Waals surface area contributed by atoms with Crippen LogP contribution in [0.15, 0.2) is 72.9 Å². The molecule has 1 aliphatic heterocycles. The minimum absolute atomic E-state index is 0.0570. The van der Waals surface area contributed by atoms with E-state index in [4.69, 9.17) is 23.2 Å². The zero-order valence-corrected chi connectivity index (χ0v) is 21.8. The van der Waals surface area contributed by atoms with Gasteiger partial charge in [0, 0.05) is 22.2 Å². The van der Waals surface area contributed by atoms with Crippen molar-refractivity contribution in [2.75, 3.05) is 0 Å². The fraction of sp³-hybridized carbons (Fsp3) is 0.321. The van der Waals surface area contributed by atoms with E-state index in [0.29, 0.717) is 21.2 Å². The molecule has 4 rings (SSSR count). The fourth-order valence-corrected chi connectivity index (χ4v) is 5.69. The van der Waals surface area contributed by atoms with Gasteiger partial charge in [-0.05, 0) is 53.9 Å². The largest absolute Gasteiger partial charge is 0.481 e. The summed E-state index contributed by atoms with van der Waals surface area (Å²) in [6.45, 7) is 1.50. The van der Waals surface area contributed by atoms with E-state index < -0.39 is 54.3 Å². The quantitative estimate of drug-likeness (QED) is 0.320. The Balaban J connectivity index is 1.99. The van der Waals surface area contributed by atoms with Crippen molar-refractivity contribution in [3.8, 4) is 0 Å². The average Bonchev–Trinajstić information content (AvgIpc) is 2.84. The summed E-state index contributed by atoms with van der Waals surface area (Å²) in [6.07, 6.45) is -5.09. The van der Waals surface area contributed by atoms with E-state index in [1.165, 1.54) is 24.1 Å². The van der Waals surface area contributed by atoms with Crippen molar-refractivity contribution in [2.45, 2.75) is 50.4 Å². The Labute approximate surface area is 228 Å². The molecule has 1 amide bonds. The maximum Gasteiger partial charge on any atom is 0.391 e. The molecule has 38 heavy (non-hydrogen) atoms. The first kappa shape index (κ1) is 27.9. The van der Waals surface area contributed by atoms with Crippen LogP contribution in [0.3, 0.4) is 0 Å². The van der Waals surface area contributed by atoms with Crippen molar-refractivity contribution in [3.05, 3.63) is 99.8 Å². The van der Waals surface area contributed by atoms with Crippen molar-refractivity contribution in [1.82, 2.24) is 9.88 Å². The van der Waals surface area contributed by atoms with Crippen LogP contribution in [0.4, 0.5) is 13.2 Å². The van der Waals surface area contributed by atoms with Crippen LogP contribution in [0.2, 0.25) is 10.0 Å². The maximum atomic E-state index is 14.2. The number of nitrogens with zero attached hydrogens (tertiary/aromatic N) is 2. The third-order valence-electron chi connectivity index (χ3n) is 6.92. The number of halogens is 5. The summed E-state index contributed by atoms with van der Waals surface area (Å²) >= 11 is 12.4. The fourth-order valence-electron chi connectivity index (χ4n) is 5.36. The molecule has 0 bridgehead atoms. The van der Waals surface area contributed by atoms with Gasteiger partial charge in [0.15, 0.2) is 0 Å². The number of carboxylic acids is 1. The number of likely N-dealkylation sites (tertiary alicyclic amines) is 1. The predicted molar refractivity (Wildman–Crippen MR) is 138 cm³/mol. The number of carbonyl (C=O) groups excluding carboxylic acids is 1. The van der Waals surface area contributed by atoms with Crippen LogP contribution in [-0.4, -0.2) is 33.0 Å². The molecule has 1 saturated heterocycles. The first-order valence-corrected chi connectivity index (χ1v) is 12.7. The number of amides is 1. The van der Waals surface area contributed by atoms with Gasteiger partial charge in [-0.2, -0.15) is 13.2 Å². The summed E-state index contributed by atoms with van der Waals surface area (Å²) in [7, 11) is 0. The van der Waals surface area contributed by atoms with Gasteiger partial charge in [-0.25, -0.2) is 0 Å². The van der Waals surface area contributed by atoms with Crippen LogP contribution in [0.5, 0.6) is 0 Å². The first-order chi connectivity index (χ1) is 17.9. The molecule has 4 atom stereocenters. The van der Waals surface area contributed by atoms with E-state index in [-0.39, 0.29) is 12.1 Å². The zero-order chi connectivity index (χ0) is 27.7. The standard InChI is InChI=1S/C28H25Cl2F3N2O3/c1-27(16-24(36)37)14-21(18-5-4-6-20(30)13-18)25(17-8-10-19(29)11-9-17)35(26(27)38)23(15-28(31,32)33)22-7-2-3-12-34-22/h2-13,21,23,25H,14-16H2,1H3,(H,36,37)/t21-,23-,25-,27+/m1/s1. The third kappa shape index (κ3) is 6.13. The van der Waals surface area contributed by atoms with Crippen molar-refractivity contribution >= 4 is 35.1 Å². The second kappa shape index (κ2) is 10.9. The van der Waals surface area contributed by atoms with Crippen molar-refractivity contribution in [1.29, 1.82) is 0 Å². The van der Waals surface area contributed by atoms with Crippen molar-refractivity contribution < 1.29 is 27.9 Å². The highest BCUT2D eigenvalue weighted by molar-refractivity contribution is 6.30. The number of alkyl halides is 3. The average molecular weight is 565 g/mol. The highest BCUT2D eigenvalue weighted by atomic mass is 35.5. The zero-order valence-electron chi connectivity index (χ0n) is 20.3. The predicted octanol–water partition coefficient (Wildman–Crippen LogP) is 7.62. The lowest BCUT2D eigenvalue weighted by Gasteiger charge is -2.51. The first-order valence-electron chi connectivity index (χ1n) is 11.9. The molecule has 3 aromatic rings. The number of hydrogen-bond donors (Lipinski definition) is 1. The molecule has 0 spiro atoms. The van der Waals surface area contributed by atoms with Crippen LogP contribution in [-0.2, 0) is 9.59 Å². The van der Waals surface area contributed by atoms with E-state index in [2.05, 4.69) is 4.98 Å². The number of hydrogen-bond acceptors (Lipinski definition) is 3. The highest BCUT2D eigenvalue weighted by Crippen LogP contribution is 2.54. The van der Waals surface area contributed by atoms with Crippen LogP contribution < -0.4 is 0 Å². The van der Waals surface area contributed by atoms with Crippen LogP contribution in [0.25, 0.3) is 0 Å². The molecule has 0 radical (unpaired) electrons. The Hall–Kier alpha value is -3.10. The molecule has 1 fully saturated rings. The van der Waals surface area contributed by atoms with Crippen LogP contribution in [0.1, 0.15) is 61.0 Å². The summed E-state index contributed by atoms with van der Waals surface area (Å²) < 4.78 is 42.1. The van der Waals surface area contributed by atoms with Gasteiger partial charge in [0.1, 0.15) is 0 Å². The Bertz CT molecular complexity index is 1300. The van der Waals surface area contributed by atoms with E-state index in [9.17, 15) is 27.9 Å². The molecule has 0 aliphatic carbocycles. The third-order valence-corrected chi connectivity index (χ3v) is 7.41. The number of piperidine rings is 1. The summed E-state index contributed by atoms with van der Waals surface area (Å²) in [5.74, 6) is -2.48. The molecule has 0 unspecified atom stereocenters. The van der Waals surface area contributed by atoms with Gasteiger partial charge in [-0.3, -0.25) is 14.6 Å². The monoisotopic (exact) mass is 564 g/mol. The van der Waals surface area contributed by atoms with E-state index in [0.717, 1.165) is 0 Å². The van der Waals surface area contributed by atoms with Gasteiger partial charge in [0.2, 0.25) is 5.91 Å². The Morgan fingerprint density at radius 2 is 1.79 bits per heavy atom. The van der Waals surface area contributed by atoms with Gasteiger partial charge in [-0.15, -0.1) is 0 Å². The molecule has 1 aromatic heterocycles. The molecule has 200 valence electrons. The van der Waals surface area contributed by atoms with Crippen molar-refractivity contribution in [2.24, 2.45) is 5.41 Å². The molecule has 10 heteroatoms. The minimum atomic E-state index is -4.64. The van der Waals surface area contributed by atoms with Crippen LogP contribution >= 0.6 is 23.2 Å². The molecular formula is C28H25Cl2F3N2O3. The second-order valence-corrected chi connectivity index (χ2v) is 10.7. The molecule has 1 aliphatic rings. The summed E-state index contributed by atoms with van der Waals surface area (Å²) in [5, 5.41) is 10.5. The van der Waals surface area contributed by atoms with Gasteiger partial charge >= 0.3 is 12.1 Å². The summed E-state index contributed by atoms with van der Waals surface area (Å²) in [4.78, 5) is 31.4. The van der Waals surface area contributed by atoms with E-state index >= 15 is 0 Å². The highest BCUT2D eigenvalue weighted by Gasteiger charge is 2.54. The minimum Gasteiger partial charge on any atom is -0.481 e. The Morgan fingerprint density at radius 1 is 1.08 bits per heavy atom. The van der Waals surface area contributed by atoms with Gasteiger partial charge < -0.3 is 10.0 Å². The van der Waals surface area contributed by atoms with Crippen LogP contribution in [0, 0.1) is 5.41 Å². The summed E-state index contributed by atoms with van der Waals surface area (Å²) in [6, 6.07) is 15.6. The van der Waals surface area contributed by atoms with Gasteiger partial charge in [-0.1, -0.05) is 60.5 Å². The van der Waals surface area contributed by atoms with E-state index in [1.54, 1.807) is 60.7 Å². The Morgan fingerprint density at radius 3 is 2.37 bits per heavy atom. The summed E-state index contributed by atoms with van der Waals surface area (Å²) in [5.41, 5.74) is -0.187. The SMILES string of the molecule is C[C@@]1(CC(=O)O)C[C@H](c2cccc(Cl)c2)[C@@H](c2ccc(Cl)cc2)N([C@H](CC(F)(F)F)c2ccccn2)C1=O. The number of carbonyl (C=O) groups is 2. The van der Waals surface area contributed by atoms with E-state index in [1.807, 2.05) is 0 Å². The molecule has 2 aromatic carbocycles. The van der Waals surface area contributed by atoms with Gasteiger partial charge in [0.25, 0.3) is 0 Å². The lowest BCUT2D eigenvalue weighted by molar-refractivity contribution is -0.174. The molecule has 0 saturated carbocycles. The number of pyridine rings is 1. The molecule has 5 nitrogen and oxygen atoms in total. The Kier molecular flexibility index (Phi) is 8.04. The topological polar surface area (TPSA) is 70.5 Å². The number of benzene rings is 2. The number of aromatic nitrogens is 1. The van der Waals surface area contributed by atoms with Crippen molar-refractivity contribution in [3.63, 3.8) is 0 Å². The smallest absolute Gasteiger partial charge is 0.391 e. The lowest BCUT2D eigenvalue weighted by atomic mass is 9.67. The normalized spacial score (nSPS) is 22.8. The number of rotatable bonds is 7. The second-order valence-electron chi connectivity index (χ2n) is 9.80. The molecular weight excluding hydrogens is 540 g/mol. The maximum absolute atomic E-state index is 14.2. The number of aliphatic carboxylic acids is 1.